The predicted octanol–water partition coefficient (Wildman–Crippen LogP) is 4.48. The van der Waals surface area contributed by atoms with Gasteiger partial charge in [0.25, 0.3) is 11.8 Å². The molecule has 3 aromatic rings. The zero-order valence-corrected chi connectivity index (χ0v) is 18.2. The highest BCUT2D eigenvalue weighted by atomic mass is 19.1. The minimum Gasteiger partial charge on any atom is -0.350 e. The minimum absolute atomic E-state index is 0.0277. The van der Waals surface area contributed by atoms with Crippen LogP contribution < -0.4 is 10.6 Å². The standard InChI is InChI=1S/C26H22FN3O3/c1-16-3-7-19(8-4-16)23-24(29-22-13-11-21(12-14-22)28-17(2)31)26(33)30(25(23)32)15-18-5-9-20(27)10-6-18/h3-14,29H,15H2,1-2H3,(H,28,31). The fraction of sp³-hybridized carbons (Fsp3) is 0.115. The lowest BCUT2D eigenvalue weighted by atomic mass is 10.0. The Labute approximate surface area is 190 Å². The molecule has 3 amide bonds. The predicted molar refractivity (Wildman–Crippen MR) is 124 cm³/mol. The third-order valence-electron chi connectivity index (χ3n) is 5.24. The molecule has 0 spiro atoms. The third-order valence-corrected chi connectivity index (χ3v) is 5.24. The number of carbonyl (C=O) groups excluding carboxylic acids is 3. The lowest BCUT2D eigenvalue weighted by molar-refractivity contribution is -0.137. The van der Waals surface area contributed by atoms with E-state index in [-0.39, 0.29) is 29.5 Å². The van der Waals surface area contributed by atoms with Gasteiger partial charge in [-0.05, 0) is 54.4 Å². The SMILES string of the molecule is CC(=O)Nc1ccc(NC2=C(c3ccc(C)cc3)C(=O)N(Cc3ccc(F)cc3)C2=O)cc1. The number of amides is 3. The number of imide groups is 1. The van der Waals surface area contributed by atoms with E-state index in [0.29, 0.717) is 22.5 Å². The van der Waals surface area contributed by atoms with E-state index in [1.54, 1.807) is 48.5 Å². The van der Waals surface area contributed by atoms with Crippen LogP contribution in [0.4, 0.5) is 15.8 Å². The molecule has 0 aliphatic carbocycles. The molecule has 0 saturated carbocycles. The molecule has 0 saturated heterocycles. The van der Waals surface area contributed by atoms with Gasteiger partial charge in [-0.2, -0.15) is 0 Å². The summed E-state index contributed by atoms with van der Waals surface area (Å²) in [5.74, 6) is -1.47. The van der Waals surface area contributed by atoms with E-state index in [4.69, 9.17) is 0 Å². The average Bonchev–Trinajstić information content (AvgIpc) is 3.01. The summed E-state index contributed by atoms with van der Waals surface area (Å²) < 4.78 is 13.3. The zero-order chi connectivity index (χ0) is 23.5. The average molecular weight is 443 g/mol. The van der Waals surface area contributed by atoms with E-state index in [1.165, 1.54) is 19.1 Å². The van der Waals surface area contributed by atoms with Crippen LogP contribution in [-0.4, -0.2) is 22.6 Å². The van der Waals surface area contributed by atoms with Crippen LogP contribution in [0.1, 0.15) is 23.6 Å². The summed E-state index contributed by atoms with van der Waals surface area (Å²) in [5, 5.41) is 5.77. The molecular formula is C26H22FN3O3. The molecule has 7 heteroatoms. The number of hydrogen-bond donors (Lipinski definition) is 2. The van der Waals surface area contributed by atoms with Crippen molar-refractivity contribution in [3.05, 3.63) is 101 Å². The van der Waals surface area contributed by atoms with Gasteiger partial charge in [0.2, 0.25) is 5.91 Å². The maximum absolute atomic E-state index is 13.3. The fourth-order valence-corrected chi connectivity index (χ4v) is 3.58. The summed E-state index contributed by atoms with van der Waals surface area (Å²) in [6, 6.07) is 19.9. The van der Waals surface area contributed by atoms with E-state index in [9.17, 15) is 18.8 Å². The van der Waals surface area contributed by atoms with Gasteiger partial charge < -0.3 is 10.6 Å². The van der Waals surface area contributed by atoms with Gasteiger partial charge >= 0.3 is 0 Å². The van der Waals surface area contributed by atoms with Crippen molar-refractivity contribution in [1.29, 1.82) is 0 Å². The van der Waals surface area contributed by atoms with Gasteiger partial charge in [0.05, 0.1) is 12.1 Å². The molecule has 4 rings (SSSR count). The maximum Gasteiger partial charge on any atom is 0.278 e. The van der Waals surface area contributed by atoms with Crippen LogP contribution in [0.15, 0.2) is 78.5 Å². The Morgan fingerprint density at radius 2 is 1.45 bits per heavy atom. The number of halogens is 1. The Balaban J connectivity index is 1.68. The smallest absolute Gasteiger partial charge is 0.278 e. The van der Waals surface area contributed by atoms with Crippen molar-refractivity contribution in [3.8, 4) is 0 Å². The largest absolute Gasteiger partial charge is 0.350 e. The van der Waals surface area contributed by atoms with Crippen molar-refractivity contribution in [2.24, 2.45) is 0 Å². The minimum atomic E-state index is -0.467. The Hall–Kier alpha value is -4.26. The molecule has 0 fully saturated rings. The Bertz CT molecular complexity index is 1250. The normalized spacial score (nSPS) is 13.5. The highest BCUT2D eigenvalue weighted by molar-refractivity contribution is 6.36. The van der Waals surface area contributed by atoms with Gasteiger partial charge in [0.15, 0.2) is 0 Å². The fourth-order valence-electron chi connectivity index (χ4n) is 3.58. The number of aryl methyl sites for hydroxylation is 1. The Kier molecular flexibility index (Phi) is 6.04. The zero-order valence-electron chi connectivity index (χ0n) is 18.2. The van der Waals surface area contributed by atoms with E-state index >= 15 is 0 Å². The molecule has 0 atom stereocenters. The van der Waals surface area contributed by atoms with E-state index in [1.807, 2.05) is 19.1 Å². The molecule has 6 nitrogen and oxygen atoms in total. The van der Waals surface area contributed by atoms with Crippen LogP contribution in [0.5, 0.6) is 0 Å². The van der Waals surface area contributed by atoms with Crippen molar-refractivity contribution in [1.82, 2.24) is 4.90 Å². The lowest BCUT2D eigenvalue weighted by Gasteiger charge is -2.15. The number of nitrogens with zero attached hydrogens (tertiary/aromatic N) is 1. The second-order valence-electron chi connectivity index (χ2n) is 7.82. The van der Waals surface area contributed by atoms with Gasteiger partial charge in [-0.25, -0.2) is 4.39 Å². The van der Waals surface area contributed by atoms with E-state index in [2.05, 4.69) is 10.6 Å². The van der Waals surface area contributed by atoms with Gasteiger partial charge in [0, 0.05) is 18.3 Å². The molecule has 0 aromatic heterocycles. The molecule has 1 aliphatic rings. The molecule has 33 heavy (non-hydrogen) atoms. The molecule has 0 unspecified atom stereocenters. The van der Waals surface area contributed by atoms with Crippen LogP contribution in [0.2, 0.25) is 0 Å². The topological polar surface area (TPSA) is 78.5 Å². The van der Waals surface area contributed by atoms with Crippen LogP contribution >= 0.6 is 0 Å². The quantitative estimate of drug-likeness (QED) is 0.551. The number of nitrogens with one attached hydrogen (secondary N) is 2. The van der Waals surface area contributed by atoms with Crippen molar-refractivity contribution < 1.29 is 18.8 Å². The van der Waals surface area contributed by atoms with Gasteiger partial charge in [-0.15, -0.1) is 0 Å². The number of rotatable bonds is 6. The summed E-state index contributed by atoms with van der Waals surface area (Å²) in [6.07, 6.45) is 0. The number of hydrogen-bond acceptors (Lipinski definition) is 4. The molecule has 0 bridgehead atoms. The van der Waals surface area contributed by atoms with Gasteiger partial charge in [-0.3, -0.25) is 19.3 Å². The Morgan fingerprint density at radius 3 is 2.06 bits per heavy atom. The number of carbonyl (C=O) groups is 3. The summed E-state index contributed by atoms with van der Waals surface area (Å²) in [6.45, 7) is 3.39. The second kappa shape index (κ2) is 9.08. The molecule has 2 N–H and O–H groups in total. The first-order valence-electron chi connectivity index (χ1n) is 10.4. The highest BCUT2D eigenvalue weighted by Crippen LogP contribution is 2.32. The molecule has 3 aromatic carbocycles. The number of benzene rings is 3. The monoisotopic (exact) mass is 443 g/mol. The van der Waals surface area contributed by atoms with Crippen molar-refractivity contribution in [3.63, 3.8) is 0 Å². The maximum atomic E-state index is 13.3. The van der Waals surface area contributed by atoms with E-state index < -0.39 is 11.8 Å². The van der Waals surface area contributed by atoms with Crippen molar-refractivity contribution >= 4 is 34.7 Å². The lowest BCUT2D eigenvalue weighted by Crippen LogP contribution is -2.32. The van der Waals surface area contributed by atoms with Crippen molar-refractivity contribution in [2.75, 3.05) is 10.6 Å². The van der Waals surface area contributed by atoms with Gasteiger partial charge in [0.1, 0.15) is 11.5 Å². The Morgan fingerprint density at radius 1 is 0.848 bits per heavy atom. The van der Waals surface area contributed by atoms with E-state index in [0.717, 1.165) is 10.5 Å². The first kappa shape index (κ1) is 22.0. The molecule has 166 valence electrons. The van der Waals surface area contributed by atoms with Crippen LogP contribution in [-0.2, 0) is 20.9 Å². The second-order valence-corrected chi connectivity index (χ2v) is 7.82. The summed E-state index contributed by atoms with van der Waals surface area (Å²) in [5.41, 5.74) is 3.94. The van der Waals surface area contributed by atoms with Gasteiger partial charge in [-0.1, -0.05) is 42.0 Å². The summed E-state index contributed by atoms with van der Waals surface area (Å²) in [7, 11) is 0. The molecule has 1 heterocycles. The summed E-state index contributed by atoms with van der Waals surface area (Å²) >= 11 is 0. The highest BCUT2D eigenvalue weighted by Gasteiger charge is 2.39. The van der Waals surface area contributed by atoms with Crippen LogP contribution in [0.3, 0.4) is 0 Å². The molecule has 1 aliphatic heterocycles. The van der Waals surface area contributed by atoms with Crippen molar-refractivity contribution in [2.45, 2.75) is 20.4 Å². The summed E-state index contributed by atoms with van der Waals surface area (Å²) in [4.78, 5) is 39.0. The third kappa shape index (κ3) is 4.82. The first-order chi connectivity index (χ1) is 15.8. The first-order valence-corrected chi connectivity index (χ1v) is 10.4. The molecule has 0 radical (unpaired) electrons. The number of anilines is 2. The molecular weight excluding hydrogens is 421 g/mol. The van der Waals surface area contributed by atoms with Crippen LogP contribution in [0, 0.1) is 12.7 Å². The van der Waals surface area contributed by atoms with Crippen LogP contribution in [0.25, 0.3) is 5.57 Å².